The molecule has 0 aliphatic carbocycles. The molecule has 2 aromatic rings. The zero-order valence-electron chi connectivity index (χ0n) is 16.8. The van der Waals surface area contributed by atoms with Gasteiger partial charge in [-0.3, -0.25) is 4.79 Å². The maximum atomic E-state index is 13.1. The predicted molar refractivity (Wildman–Crippen MR) is 114 cm³/mol. The van der Waals surface area contributed by atoms with Crippen molar-refractivity contribution in [1.29, 1.82) is 0 Å². The van der Waals surface area contributed by atoms with Crippen LogP contribution in [0, 0.1) is 5.82 Å². The van der Waals surface area contributed by atoms with Crippen molar-refractivity contribution >= 4 is 21.6 Å². The van der Waals surface area contributed by atoms with Crippen molar-refractivity contribution in [1.82, 2.24) is 9.62 Å². The molecular formula is C21H26FN3O4S. The average molecular weight is 436 g/mol. The molecule has 2 aromatic carbocycles. The number of anilines is 1. The SMILES string of the molecule is C[C@H](Oc1ccccc1)C(=O)NCCS(=O)(=O)N1CCN(c2ccc(F)cc2)CC1. The quantitative estimate of drug-likeness (QED) is 0.685. The molecule has 0 radical (unpaired) electrons. The lowest BCUT2D eigenvalue weighted by atomic mass is 10.2. The van der Waals surface area contributed by atoms with Crippen molar-refractivity contribution < 1.29 is 22.3 Å². The molecule has 0 spiro atoms. The minimum Gasteiger partial charge on any atom is -0.481 e. The van der Waals surface area contributed by atoms with Crippen LogP contribution in [-0.4, -0.2) is 63.2 Å². The van der Waals surface area contributed by atoms with Gasteiger partial charge < -0.3 is 15.0 Å². The number of benzene rings is 2. The van der Waals surface area contributed by atoms with E-state index in [2.05, 4.69) is 5.32 Å². The van der Waals surface area contributed by atoms with Crippen LogP contribution in [0.25, 0.3) is 0 Å². The predicted octanol–water partition coefficient (Wildman–Crippen LogP) is 1.86. The maximum Gasteiger partial charge on any atom is 0.260 e. The van der Waals surface area contributed by atoms with E-state index in [0.717, 1.165) is 5.69 Å². The molecule has 1 heterocycles. The molecule has 7 nitrogen and oxygen atoms in total. The molecule has 1 fully saturated rings. The molecular weight excluding hydrogens is 409 g/mol. The van der Waals surface area contributed by atoms with Crippen LogP contribution in [0.5, 0.6) is 5.75 Å². The molecule has 9 heteroatoms. The Bertz CT molecular complexity index is 930. The number of ether oxygens (including phenoxy) is 1. The fourth-order valence-corrected chi connectivity index (χ4v) is 4.55. The number of nitrogens with one attached hydrogen (secondary N) is 1. The lowest BCUT2D eigenvalue weighted by Crippen LogP contribution is -2.50. The Labute approximate surface area is 176 Å². The van der Waals surface area contributed by atoms with E-state index >= 15 is 0 Å². The fraction of sp³-hybridized carbons (Fsp3) is 0.381. The summed E-state index contributed by atoms with van der Waals surface area (Å²) in [6, 6.07) is 15.1. The number of halogens is 1. The summed E-state index contributed by atoms with van der Waals surface area (Å²) in [6.45, 7) is 3.38. The normalized spacial score (nSPS) is 16.1. The van der Waals surface area contributed by atoms with Crippen LogP contribution in [0.4, 0.5) is 10.1 Å². The molecule has 1 saturated heterocycles. The number of carbonyl (C=O) groups excluding carboxylic acids is 1. The van der Waals surface area contributed by atoms with Gasteiger partial charge in [-0.05, 0) is 43.3 Å². The van der Waals surface area contributed by atoms with Gasteiger partial charge >= 0.3 is 0 Å². The monoisotopic (exact) mass is 435 g/mol. The van der Waals surface area contributed by atoms with Crippen molar-refractivity contribution in [2.75, 3.05) is 43.4 Å². The second kappa shape index (κ2) is 9.90. The second-order valence-corrected chi connectivity index (χ2v) is 9.13. The standard InChI is InChI=1S/C21H26FN3O4S/c1-17(29-20-5-3-2-4-6-20)21(26)23-11-16-30(27,28)25-14-12-24(13-15-25)19-9-7-18(22)8-10-19/h2-10,17H,11-16H2,1H3,(H,23,26)/t17-/m0/s1. The molecule has 0 aromatic heterocycles. The lowest BCUT2D eigenvalue weighted by Gasteiger charge is -2.35. The van der Waals surface area contributed by atoms with E-state index in [1.165, 1.54) is 16.4 Å². The van der Waals surface area contributed by atoms with Crippen LogP contribution in [0.1, 0.15) is 6.92 Å². The Hall–Kier alpha value is -2.65. The molecule has 0 bridgehead atoms. The zero-order chi connectivity index (χ0) is 21.6. The van der Waals surface area contributed by atoms with Gasteiger partial charge in [0.2, 0.25) is 10.0 Å². The molecule has 0 saturated carbocycles. The number of amides is 1. The van der Waals surface area contributed by atoms with Crippen molar-refractivity contribution in [3.63, 3.8) is 0 Å². The molecule has 162 valence electrons. The summed E-state index contributed by atoms with van der Waals surface area (Å²) < 4.78 is 45.2. The highest BCUT2D eigenvalue weighted by molar-refractivity contribution is 7.89. The van der Waals surface area contributed by atoms with Crippen molar-refractivity contribution in [2.45, 2.75) is 13.0 Å². The summed E-state index contributed by atoms with van der Waals surface area (Å²) in [4.78, 5) is 14.2. The second-order valence-electron chi connectivity index (χ2n) is 7.04. The summed E-state index contributed by atoms with van der Waals surface area (Å²) in [5.74, 6) is -0.264. The van der Waals surface area contributed by atoms with E-state index in [1.54, 1.807) is 31.2 Å². The fourth-order valence-electron chi connectivity index (χ4n) is 3.21. The maximum absolute atomic E-state index is 13.1. The number of hydrogen-bond acceptors (Lipinski definition) is 5. The Balaban J connectivity index is 1.43. The van der Waals surface area contributed by atoms with Crippen molar-refractivity contribution in [3.05, 3.63) is 60.4 Å². The number of piperazine rings is 1. The van der Waals surface area contributed by atoms with Gasteiger partial charge in [0.05, 0.1) is 5.75 Å². The van der Waals surface area contributed by atoms with Gasteiger partial charge in [0.1, 0.15) is 11.6 Å². The van der Waals surface area contributed by atoms with Gasteiger partial charge in [0, 0.05) is 38.4 Å². The van der Waals surface area contributed by atoms with E-state index in [9.17, 15) is 17.6 Å². The summed E-state index contributed by atoms with van der Waals surface area (Å²) in [5.41, 5.74) is 0.869. The topological polar surface area (TPSA) is 78.9 Å². The number of nitrogens with zero attached hydrogens (tertiary/aromatic N) is 2. The molecule has 1 aliphatic heterocycles. The van der Waals surface area contributed by atoms with Gasteiger partial charge in [-0.1, -0.05) is 18.2 Å². The summed E-state index contributed by atoms with van der Waals surface area (Å²) in [5, 5.41) is 2.62. The Morgan fingerprint density at radius 3 is 2.33 bits per heavy atom. The minimum atomic E-state index is -3.48. The summed E-state index contributed by atoms with van der Waals surface area (Å²) >= 11 is 0. The summed E-state index contributed by atoms with van der Waals surface area (Å²) in [6.07, 6.45) is -0.727. The van der Waals surface area contributed by atoms with Crippen LogP contribution < -0.4 is 15.0 Å². The third-order valence-corrected chi connectivity index (χ3v) is 6.78. The third-order valence-electron chi connectivity index (χ3n) is 4.91. The third kappa shape index (κ3) is 5.93. The molecule has 0 unspecified atom stereocenters. The molecule has 1 amide bonds. The van der Waals surface area contributed by atoms with Crippen LogP contribution in [0.3, 0.4) is 0 Å². The Morgan fingerprint density at radius 2 is 1.70 bits per heavy atom. The number of para-hydroxylation sites is 1. The average Bonchev–Trinajstić information content (AvgIpc) is 2.75. The van der Waals surface area contributed by atoms with E-state index in [-0.39, 0.29) is 24.0 Å². The van der Waals surface area contributed by atoms with Gasteiger partial charge in [-0.25, -0.2) is 12.8 Å². The van der Waals surface area contributed by atoms with Crippen molar-refractivity contribution in [3.8, 4) is 5.75 Å². The number of sulfonamides is 1. The first kappa shape index (κ1) is 22.0. The van der Waals surface area contributed by atoms with E-state index in [4.69, 9.17) is 4.74 Å². The van der Waals surface area contributed by atoms with E-state index < -0.39 is 16.1 Å². The zero-order valence-corrected chi connectivity index (χ0v) is 17.6. The number of hydrogen-bond donors (Lipinski definition) is 1. The van der Waals surface area contributed by atoms with Gasteiger partial charge in [-0.2, -0.15) is 4.31 Å². The molecule has 3 rings (SSSR count). The highest BCUT2D eigenvalue weighted by atomic mass is 32.2. The smallest absolute Gasteiger partial charge is 0.260 e. The largest absolute Gasteiger partial charge is 0.481 e. The Kier molecular flexibility index (Phi) is 7.28. The van der Waals surface area contributed by atoms with Gasteiger partial charge in [0.15, 0.2) is 6.10 Å². The minimum absolute atomic E-state index is 0.0157. The first-order chi connectivity index (χ1) is 14.3. The number of carbonyl (C=O) groups is 1. The molecule has 1 aliphatic rings. The highest BCUT2D eigenvalue weighted by Gasteiger charge is 2.27. The highest BCUT2D eigenvalue weighted by Crippen LogP contribution is 2.18. The molecule has 1 N–H and O–H groups in total. The Morgan fingerprint density at radius 1 is 1.07 bits per heavy atom. The van der Waals surface area contributed by atoms with Gasteiger partial charge in [-0.15, -0.1) is 0 Å². The first-order valence-electron chi connectivity index (χ1n) is 9.83. The lowest BCUT2D eigenvalue weighted by molar-refractivity contribution is -0.127. The van der Waals surface area contributed by atoms with E-state index in [1.807, 2.05) is 23.1 Å². The van der Waals surface area contributed by atoms with Crippen LogP contribution >= 0.6 is 0 Å². The summed E-state index contributed by atoms with van der Waals surface area (Å²) in [7, 11) is -3.48. The van der Waals surface area contributed by atoms with E-state index in [0.29, 0.717) is 31.9 Å². The van der Waals surface area contributed by atoms with Gasteiger partial charge in [0.25, 0.3) is 5.91 Å². The van der Waals surface area contributed by atoms with Crippen LogP contribution in [-0.2, 0) is 14.8 Å². The number of rotatable bonds is 8. The first-order valence-corrected chi connectivity index (χ1v) is 11.4. The molecule has 30 heavy (non-hydrogen) atoms. The molecule has 1 atom stereocenters. The van der Waals surface area contributed by atoms with Crippen molar-refractivity contribution in [2.24, 2.45) is 0 Å². The van der Waals surface area contributed by atoms with Crippen LogP contribution in [0.15, 0.2) is 54.6 Å². The van der Waals surface area contributed by atoms with Crippen LogP contribution in [0.2, 0.25) is 0 Å².